The topological polar surface area (TPSA) is 62.4 Å². The van der Waals surface area contributed by atoms with Crippen molar-refractivity contribution in [3.8, 4) is 5.75 Å². The number of aromatic hydroxyl groups is 1. The highest BCUT2D eigenvalue weighted by Crippen LogP contribution is 2.28. The molecule has 1 heterocycles. The molecule has 0 spiro atoms. The lowest BCUT2D eigenvalue weighted by atomic mass is 10.2. The molecule has 0 aliphatic carbocycles. The molecule has 0 fully saturated rings. The smallest absolute Gasteiger partial charge is 0.115 e. The molecule has 1 aromatic heterocycles. The number of rotatable bonds is 2. The van der Waals surface area contributed by atoms with Crippen LogP contribution >= 0.6 is 0 Å². The van der Waals surface area contributed by atoms with Crippen LogP contribution in [0.25, 0.3) is 0 Å². The number of pyridine rings is 1. The van der Waals surface area contributed by atoms with Crippen LogP contribution in [0, 0.1) is 0 Å². The van der Waals surface area contributed by atoms with Crippen molar-refractivity contribution in [2.24, 2.45) is 0 Å². The summed E-state index contributed by atoms with van der Waals surface area (Å²) in [5.74, 6) is 0.250. The van der Waals surface area contributed by atoms with Crippen molar-refractivity contribution in [3.05, 3.63) is 42.7 Å². The number of phenolic OH excluding ortho intramolecular Hbond substituents is 1. The van der Waals surface area contributed by atoms with Gasteiger partial charge in [-0.2, -0.15) is 0 Å². The lowest BCUT2D eigenvalue weighted by molar-refractivity contribution is 0.475. The molecule has 2 aromatic rings. The zero-order valence-electron chi connectivity index (χ0n) is 8.96. The molecule has 16 heavy (non-hydrogen) atoms. The van der Waals surface area contributed by atoms with E-state index in [1.807, 2.05) is 30.1 Å². The van der Waals surface area contributed by atoms with E-state index in [1.165, 1.54) is 0 Å². The second-order valence-electron chi connectivity index (χ2n) is 3.51. The van der Waals surface area contributed by atoms with Crippen LogP contribution in [0.5, 0.6) is 5.75 Å². The molecular formula is C12H13N3O. The Hall–Kier alpha value is -2.23. The number of aromatic nitrogens is 1. The number of hydrogen-bond acceptors (Lipinski definition) is 4. The summed E-state index contributed by atoms with van der Waals surface area (Å²) < 4.78 is 0. The van der Waals surface area contributed by atoms with E-state index in [4.69, 9.17) is 5.73 Å². The molecule has 0 atom stereocenters. The molecule has 0 amide bonds. The van der Waals surface area contributed by atoms with Gasteiger partial charge in [-0.3, -0.25) is 4.98 Å². The first-order valence-corrected chi connectivity index (χ1v) is 4.91. The van der Waals surface area contributed by atoms with Gasteiger partial charge in [0.05, 0.1) is 17.6 Å². The molecule has 4 nitrogen and oxygen atoms in total. The van der Waals surface area contributed by atoms with Crippen molar-refractivity contribution in [1.82, 2.24) is 4.98 Å². The summed E-state index contributed by atoms with van der Waals surface area (Å²) in [6.07, 6.45) is 3.31. The molecule has 0 saturated carbocycles. The molecule has 82 valence electrons. The minimum absolute atomic E-state index is 0.250. The van der Waals surface area contributed by atoms with E-state index in [0.717, 1.165) is 11.4 Å². The number of benzene rings is 1. The molecule has 2 rings (SSSR count). The summed E-state index contributed by atoms with van der Waals surface area (Å²) in [6, 6.07) is 8.79. The fourth-order valence-electron chi connectivity index (χ4n) is 1.52. The van der Waals surface area contributed by atoms with Gasteiger partial charge >= 0.3 is 0 Å². The maximum atomic E-state index is 9.21. The van der Waals surface area contributed by atoms with Crippen molar-refractivity contribution >= 4 is 17.1 Å². The van der Waals surface area contributed by atoms with Crippen LogP contribution in [0.3, 0.4) is 0 Å². The van der Waals surface area contributed by atoms with Gasteiger partial charge in [0.25, 0.3) is 0 Å². The van der Waals surface area contributed by atoms with Crippen LogP contribution in [0.1, 0.15) is 0 Å². The third-order valence-electron chi connectivity index (χ3n) is 2.43. The van der Waals surface area contributed by atoms with Gasteiger partial charge in [0.15, 0.2) is 0 Å². The van der Waals surface area contributed by atoms with Gasteiger partial charge in [-0.25, -0.2) is 0 Å². The quantitative estimate of drug-likeness (QED) is 0.805. The first-order valence-electron chi connectivity index (χ1n) is 4.91. The molecule has 0 unspecified atom stereocenters. The molecule has 0 radical (unpaired) electrons. The van der Waals surface area contributed by atoms with Crippen LogP contribution < -0.4 is 10.6 Å². The van der Waals surface area contributed by atoms with Crippen LogP contribution in [-0.4, -0.2) is 17.1 Å². The highest BCUT2D eigenvalue weighted by molar-refractivity contribution is 5.73. The Kier molecular flexibility index (Phi) is 2.64. The molecule has 0 aliphatic heterocycles. The van der Waals surface area contributed by atoms with Gasteiger partial charge in [-0.15, -0.1) is 0 Å². The van der Waals surface area contributed by atoms with Gasteiger partial charge in [0.1, 0.15) is 5.75 Å². The van der Waals surface area contributed by atoms with Crippen LogP contribution in [0.2, 0.25) is 0 Å². The van der Waals surface area contributed by atoms with Crippen molar-refractivity contribution in [3.63, 3.8) is 0 Å². The summed E-state index contributed by atoms with van der Waals surface area (Å²) in [7, 11) is 1.91. The largest absolute Gasteiger partial charge is 0.508 e. The normalized spacial score (nSPS) is 10.1. The highest BCUT2D eigenvalue weighted by Gasteiger charge is 2.06. The van der Waals surface area contributed by atoms with E-state index in [9.17, 15) is 5.11 Å². The second kappa shape index (κ2) is 4.10. The van der Waals surface area contributed by atoms with Crippen molar-refractivity contribution in [2.45, 2.75) is 0 Å². The van der Waals surface area contributed by atoms with E-state index in [2.05, 4.69) is 4.98 Å². The van der Waals surface area contributed by atoms with E-state index in [1.54, 1.807) is 24.5 Å². The van der Waals surface area contributed by atoms with E-state index in [-0.39, 0.29) is 5.75 Å². The monoisotopic (exact) mass is 215 g/mol. The number of hydrogen-bond donors (Lipinski definition) is 2. The van der Waals surface area contributed by atoms with Crippen molar-refractivity contribution in [2.75, 3.05) is 17.7 Å². The van der Waals surface area contributed by atoms with Crippen LogP contribution in [0.4, 0.5) is 17.1 Å². The minimum Gasteiger partial charge on any atom is -0.508 e. The standard InChI is InChI=1S/C12H13N3O/c1-15(9-2-4-10(16)5-3-9)12-6-7-14-8-11(12)13/h2-8,16H,13H2,1H3. The minimum atomic E-state index is 0.250. The molecule has 3 N–H and O–H groups in total. The maximum Gasteiger partial charge on any atom is 0.115 e. The summed E-state index contributed by atoms with van der Waals surface area (Å²) >= 11 is 0. The summed E-state index contributed by atoms with van der Waals surface area (Å²) in [6.45, 7) is 0. The molecule has 1 aromatic carbocycles. The summed E-state index contributed by atoms with van der Waals surface area (Å²) in [4.78, 5) is 5.88. The Balaban J connectivity index is 2.35. The molecule has 0 saturated heterocycles. The zero-order chi connectivity index (χ0) is 11.5. The first-order chi connectivity index (χ1) is 7.68. The van der Waals surface area contributed by atoms with Gasteiger partial charge in [0.2, 0.25) is 0 Å². The Labute approximate surface area is 94.0 Å². The second-order valence-corrected chi connectivity index (χ2v) is 3.51. The fraction of sp³-hybridized carbons (Fsp3) is 0.0833. The Morgan fingerprint density at radius 3 is 2.50 bits per heavy atom. The third kappa shape index (κ3) is 1.91. The predicted molar refractivity (Wildman–Crippen MR) is 64.8 cm³/mol. The number of nitrogens with zero attached hydrogens (tertiary/aromatic N) is 2. The Bertz CT molecular complexity index is 482. The lowest BCUT2D eigenvalue weighted by Gasteiger charge is -2.20. The van der Waals surface area contributed by atoms with Gasteiger partial charge < -0.3 is 15.7 Å². The van der Waals surface area contributed by atoms with Crippen LogP contribution in [-0.2, 0) is 0 Å². The molecular weight excluding hydrogens is 202 g/mol. The summed E-state index contributed by atoms with van der Waals surface area (Å²) in [5.41, 5.74) is 8.30. The molecule has 0 aliphatic rings. The fourth-order valence-corrected chi connectivity index (χ4v) is 1.52. The first kappa shape index (κ1) is 10.3. The lowest BCUT2D eigenvalue weighted by Crippen LogP contribution is -2.11. The molecule has 0 bridgehead atoms. The maximum absolute atomic E-state index is 9.21. The number of phenols is 1. The third-order valence-corrected chi connectivity index (χ3v) is 2.43. The number of nitrogens with two attached hydrogens (primary N) is 1. The molecule has 4 heteroatoms. The van der Waals surface area contributed by atoms with Gasteiger partial charge in [-0.05, 0) is 30.3 Å². The van der Waals surface area contributed by atoms with Crippen molar-refractivity contribution in [1.29, 1.82) is 0 Å². The van der Waals surface area contributed by atoms with E-state index < -0.39 is 0 Å². The van der Waals surface area contributed by atoms with E-state index >= 15 is 0 Å². The highest BCUT2D eigenvalue weighted by atomic mass is 16.3. The van der Waals surface area contributed by atoms with Gasteiger partial charge in [-0.1, -0.05) is 0 Å². The Morgan fingerprint density at radius 2 is 1.88 bits per heavy atom. The average Bonchev–Trinajstić information content (AvgIpc) is 2.30. The van der Waals surface area contributed by atoms with Gasteiger partial charge in [0, 0.05) is 18.9 Å². The summed E-state index contributed by atoms with van der Waals surface area (Å²) in [5, 5.41) is 9.21. The van der Waals surface area contributed by atoms with Crippen molar-refractivity contribution < 1.29 is 5.11 Å². The zero-order valence-corrected chi connectivity index (χ0v) is 8.96. The van der Waals surface area contributed by atoms with Crippen LogP contribution in [0.15, 0.2) is 42.7 Å². The average molecular weight is 215 g/mol. The van der Waals surface area contributed by atoms with E-state index in [0.29, 0.717) is 5.69 Å². The SMILES string of the molecule is CN(c1ccc(O)cc1)c1ccncc1N. The number of anilines is 3. The predicted octanol–water partition coefficient (Wildman–Crippen LogP) is 2.14. The number of nitrogen functional groups attached to an aromatic ring is 1. The Morgan fingerprint density at radius 1 is 1.19 bits per heavy atom.